The number of halogens is 1. The third-order valence-corrected chi connectivity index (χ3v) is 4.37. The van der Waals surface area contributed by atoms with E-state index in [0.717, 1.165) is 42.2 Å². The molecular formula is C21H34IN3O4. The van der Waals surface area contributed by atoms with E-state index in [4.69, 9.17) is 13.6 Å². The van der Waals surface area contributed by atoms with Gasteiger partial charge in [-0.1, -0.05) is 0 Å². The predicted octanol–water partition coefficient (Wildman–Crippen LogP) is 3.52. The monoisotopic (exact) mass is 519 g/mol. The molecule has 0 aromatic carbocycles. The number of hydrogen-bond donors (Lipinski definition) is 3. The fraction of sp³-hybridized carbons (Fsp3) is 0.571. The molecule has 0 amide bonds. The van der Waals surface area contributed by atoms with Crippen molar-refractivity contribution < 1.29 is 18.7 Å². The zero-order valence-corrected chi connectivity index (χ0v) is 20.1. The van der Waals surface area contributed by atoms with Crippen LogP contribution in [0.4, 0.5) is 0 Å². The summed E-state index contributed by atoms with van der Waals surface area (Å²) in [6.45, 7) is 10.5. The quantitative estimate of drug-likeness (QED) is 0.182. The van der Waals surface area contributed by atoms with Crippen molar-refractivity contribution in [3.05, 3.63) is 47.3 Å². The van der Waals surface area contributed by atoms with Crippen molar-refractivity contribution >= 4 is 29.9 Å². The molecule has 2 aromatic rings. The van der Waals surface area contributed by atoms with Gasteiger partial charge in [-0.05, 0) is 52.3 Å². The normalized spacial score (nSPS) is 13.6. The Balaban J connectivity index is 0.00000420. The molecule has 1 atom stereocenters. The Kier molecular flexibility index (Phi) is 11.4. The van der Waals surface area contributed by atoms with Gasteiger partial charge < -0.3 is 29.3 Å². The van der Waals surface area contributed by atoms with E-state index in [2.05, 4.69) is 15.6 Å². The molecule has 0 aliphatic rings. The number of aliphatic imine (C=N–C) groups is 1. The SMILES string of the molecule is CCOCCCNC(=NCC(C)(O)c1cc(C)oc1C)NCCc1ccco1.I. The van der Waals surface area contributed by atoms with Crippen molar-refractivity contribution in [1.29, 1.82) is 0 Å². The summed E-state index contributed by atoms with van der Waals surface area (Å²) in [5.41, 5.74) is -0.344. The fourth-order valence-corrected chi connectivity index (χ4v) is 2.94. The van der Waals surface area contributed by atoms with Crippen LogP contribution in [0.3, 0.4) is 0 Å². The molecule has 0 saturated carbocycles. The maximum absolute atomic E-state index is 10.9. The van der Waals surface area contributed by atoms with E-state index in [-0.39, 0.29) is 30.5 Å². The summed E-state index contributed by atoms with van der Waals surface area (Å²) < 4.78 is 16.3. The van der Waals surface area contributed by atoms with E-state index in [1.165, 1.54) is 0 Å². The molecule has 29 heavy (non-hydrogen) atoms. The summed E-state index contributed by atoms with van der Waals surface area (Å²) in [6.07, 6.45) is 3.30. The Morgan fingerprint density at radius 2 is 2.03 bits per heavy atom. The second-order valence-electron chi connectivity index (χ2n) is 7.00. The lowest BCUT2D eigenvalue weighted by Crippen LogP contribution is -2.40. The summed E-state index contributed by atoms with van der Waals surface area (Å²) in [4.78, 5) is 4.59. The summed E-state index contributed by atoms with van der Waals surface area (Å²) in [5.74, 6) is 3.07. The molecule has 2 heterocycles. The van der Waals surface area contributed by atoms with Gasteiger partial charge in [-0.15, -0.1) is 24.0 Å². The largest absolute Gasteiger partial charge is 0.469 e. The van der Waals surface area contributed by atoms with Crippen LogP contribution in [-0.4, -0.2) is 43.9 Å². The first kappa shape index (κ1) is 25.5. The van der Waals surface area contributed by atoms with Gasteiger partial charge in [0.25, 0.3) is 0 Å². The molecule has 1 unspecified atom stereocenters. The van der Waals surface area contributed by atoms with Gasteiger partial charge in [-0.2, -0.15) is 0 Å². The van der Waals surface area contributed by atoms with Crippen LogP contribution in [0.2, 0.25) is 0 Å². The van der Waals surface area contributed by atoms with Crippen molar-refractivity contribution in [2.75, 3.05) is 32.8 Å². The van der Waals surface area contributed by atoms with Gasteiger partial charge in [0, 0.05) is 38.3 Å². The number of hydrogen-bond acceptors (Lipinski definition) is 5. The third-order valence-electron chi connectivity index (χ3n) is 4.37. The van der Waals surface area contributed by atoms with E-state index < -0.39 is 5.60 Å². The first-order valence-corrected chi connectivity index (χ1v) is 9.84. The van der Waals surface area contributed by atoms with Crippen LogP contribution in [0.15, 0.2) is 38.3 Å². The molecule has 0 saturated heterocycles. The second kappa shape index (κ2) is 12.9. The molecule has 3 N–H and O–H groups in total. The Bertz CT molecular complexity index is 726. The first-order valence-electron chi connectivity index (χ1n) is 9.84. The van der Waals surface area contributed by atoms with Crippen LogP contribution in [0, 0.1) is 13.8 Å². The lowest BCUT2D eigenvalue weighted by atomic mass is 9.96. The topological polar surface area (TPSA) is 92.2 Å². The number of aryl methyl sites for hydroxylation is 2. The number of nitrogens with one attached hydrogen (secondary N) is 2. The zero-order chi connectivity index (χ0) is 20.4. The molecule has 0 spiro atoms. The van der Waals surface area contributed by atoms with Crippen molar-refractivity contribution in [3.63, 3.8) is 0 Å². The van der Waals surface area contributed by atoms with Gasteiger partial charge >= 0.3 is 0 Å². The maximum atomic E-state index is 10.9. The van der Waals surface area contributed by atoms with Crippen LogP contribution in [0.25, 0.3) is 0 Å². The number of guanidine groups is 1. The van der Waals surface area contributed by atoms with E-state index in [1.54, 1.807) is 13.2 Å². The molecule has 2 aromatic heterocycles. The van der Waals surface area contributed by atoms with E-state index in [0.29, 0.717) is 25.7 Å². The maximum Gasteiger partial charge on any atom is 0.191 e. The minimum Gasteiger partial charge on any atom is -0.469 e. The number of aliphatic hydroxyl groups is 1. The molecule has 0 aliphatic heterocycles. The third kappa shape index (κ3) is 8.79. The highest BCUT2D eigenvalue weighted by atomic mass is 127. The molecule has 0 fully saturated rings. The molecule has 8 heteroatoms. The standard InChI is InChI=1S/C21H33N3O4.HI/c1-5-26-12-7-10-22-20(23-11-9-18-8-6-13-27-18)24-15-21(4,25)19-14-16(2)28-17(19)3;/h6,8,13-14,25H,5,7,9-12,15H2,1-4H3,(H2,22,23,24);1H. The first-order chi connectivity index (χ1) is 13.4. The smallest absolute Gasteiger partial charge is 0.191 e. The van der Waals surface area contributed by atoms with Crippen LogP contribution in [-0.2, 0) is 16.8 Å². The molecule has 0 radical (unpaired) electrons. The molecule has 2 rings (SSSR count). The number of ether oxygens (including phenoxy) is 1. The lowest BCUT2D eigenvalue weighted by Gasteiger charge is -2.21. The number of nitrogens with zero attached hydrogens (tertiary/aromatic N) is 1. The Hall–Kier alpha value is -1.52. The average molecular weight is 519 g/mol. The fourth-order valence-electron chi connectivity index (χ4n) is 2.94. The van der Waals surface area contributed by atoms with E-state index >= 15 is 0 Å². The molecule has 7 nitrogen and oxygen atoms in total. The summed E-state index contributed by atoms with van der Waals surface area (Å²) >= 11 is 0. The lowest BCUT2D eigenvalue weighted by molar-refractivity contribution is 0.0656. The number of furan rings is 2. The van der Waals surface area contributed by atoms with Gasteiger partial charge in [-0.3, -0.25) is 0 Å². The second-order valence-corrected chi connectivity index (χ2v) is 7.00. The highest BCUT2D eigenvalue weighted by molar-refractivity contribution is 14.0. The van der Waals surface area contributed by atoms with Gasteiger partial charge in [0.1, 0.15) is 22.9 Å². The van der Waals surface area contributed by atoms with Gasteiger partial charge in [0.2, 0.25) is 0 Å². The molecule has 0 aliphatic carbocycles. The Morgan fingerprint density at radius 1 is 1.28 bits per heavy atom. The van der Waals surface area contributed by atoms with Gasteiger partial charge in [0.05, 0.1) is 12.8 Å². The summed E-state index contributed by atoms with van der Waals surface area (Å²) in [6, 6.07) is 5.69. The minimum absolute atomic E-state index is 0. The average Bonchev–Trinajstić information content (AvgIpc) is 3.28. The molecule has 164 valence electrons. The number of rotatable bonds is 11. The predicted molar refractivity (Wildman–Crippen MR) is 125 cm³/mol. The van der Waals surface area contributed by atoms with Crippen LogP contribution in [0.1, 0.15) is 43.1 Å². The van der Waals surface area contributed by atoms with Crippen LogP contribution >= 0.6 is 24.0 Å². The highest BCUT2D eigenvalue weighted by Gasteiger charge is 2.27. The molecular weight excluding hydrogens is 485 g/mol. The minimum atomic E-state index is -1.11. The summed E-state index contributed by atoms with van der Waals surface area (Å²) in [7, 11) is 0. The van der Waals surface area contributed by atoms with E-state index in [9.17, 15) is 5.11 Å². The van der Waals surface area contributed by atoms with Crippen LogP contribution < -0.4 is 10.6 Å². The van der Waals surface area contributed by atoms with Crippen molar-refractivity contribution in [1.82, 2.24) is 10.6 Å². The summed E-state index contributed by atoms with van der Waals surface area (Å²) in [5, 5.41) is 17.5. The van der Waals surface area contributed by atoms with Gasteiger partial charge in [0.15, 0.2) is 5.96 Å². The van der Waals surface area contributed by atoms with E-state index in [1.807, 2.05) is 39.0 Å². The van der Waals surface area contributed by atoms with Crippen molar-refractivity contribution in [2.24, 2.45) is 4.99 Å². The Labute approximate surface area is 190 Å². The van der Waals surface area contributed by atoms with Crippen molar-refractivity contribution in [2.45, 2.75) is 46.1 Å². The van der Waals surface area contributed by atoms with Crippen molar-refractivity contribution in [3.8, 4) is 0 Å². The zero-order valence-electron chi connectivity index (χ0n) is 17.8. The van der Waals surface area contributed by atoms with Crippen LogP contribution in [0.5, 0.6) is 0 Å². The Morgan fingerprint density at radius 3 is 2.66 bits per heavy atom. The highest BCUT2D eigenvalue weighted by Crippen LogP contribution is 2.27. The molecule has 0 bridgehead atoms. The van der Waals surface area contributed by atoms with Gasteiger partial charge in [-0.25, -0.2) is 4.99 Å².